The van der Waals surface area contributed by atoms with E-state index < -0.39 is 12.1 Å². The minimum atomic E-state index is -0.858. The summed E-state index contributed by atoms with van der Waals surface area (Å²) < 4.78 is 6.27. The quantitative estimate of drug-likeness (QED) is 0.516. The van der Waals surface area contributed by atoms with Crippen LogP contribution in [0.3, 0.4) is 0 Å². The average molecular weight is 493 g/mol. The van der Waals surface area contributed by atoms with E-state index in [1.807, 2.05) is 42.5 Å². The van der Waals surface area contributed by atoms with Gasteiger partial charge in [0.2, 0.25) is 11.7 Å². The fraction of sp³-hybridized carbons (Fsp3) is 0.273. The van der Waals surface area contributed by atoms with Crippen molar-refractivity contribution in [1.82, 2.24) is 15.1 Å². The first-order valence-corrected chi connectivity index (χ1v) is 11.1. The van der Waals surface area contributed by atoms with Gasteiger partial charge in [0.15, 0.2) is 12.1 Å². The van der Waals surface area contributed by atoms with Crippen LogP contribution in [0, 0.1) is 0 Å². The van der Waals surface area contributed by atoms with Gasteiger partial charge in [0.05, 0.1) is 5.69 Å². The van der Waals surface area contributed by atoms with Crippen molar-refractivity contribution in [3.8, 4) is 11.4 Å². The van der Waals surface area contributed by atoms with E-state index in [1.54, 1.807) is 0 Å². The van der Waals surface area contributed by atoms with Crippen LogP contribution < -0.4 is 4.90 Å². The molecule has 1 aromatic heterocycles. The summed E-state index contributed by atoms with van der Waals surface area (Å²) >= 11 is 3.43. The first-order valence-electron chi connectivity index (χ1n) is 10.3. The van der Waals surface area contributed by atoms with Crippen molar-refractivity contribution < 1.29 is 14.1 Å². The van der Waals surface area contributed by atoms with E-state index in [2.05, 4.69) is 36.4 Å². The van der Waals surface area contributed by atoms with E-state index in [4.69, 9.17) is 4.52 Å². The number of aryl methyl sites for hydroxylation is 2. The monoisotopic (exact) mass is 492 g/mol. The molecule has 160 valence electrons. The van der Waals surface area contributed by atoms with Crippen LogP contribution in [0.1, 0.15) is 23.4 Å². The summed E-state index contributed by atoms with van der Waals surface area (Å²) in [4.78, 5) is 31.9. The third-order valence-corrected chi connectivity index (χ3v) is 6.54. The van der Waals surface area contributed by atoms with Crippen LogP contribution in [0.5, 0.6) is 0 Å². The standard InChI is InChI=1S/C22H17BrN6O3/c23-15-6-2-5-14(9-15)20-24-17(32-26-20)11-28-19-18(25-27-28)21(30)29(22(19)31)16-8-7-12-3-1-4-13(12)10-16/h2,5-10,18-19H,1,3-4,11H2/t18-,19+/m0/s1. The molecule has 2 aromatic carbocycles. The molecule has 3 heterocycles. The van der Waals surface area contributed by atoms with Crippen LogP contribution >= 0.6 is 15.9 Å². The Balaban J connectivity index is 1.23. The number of hydrogen-bond donors (Lipinski definition) is 0. The smallest absolute Gasteiger partial charge is 0.263 e. The summed E-state index contributed by atoms with van der Waals surface area (Å²) in [6.07, 6.45) is 3.10. The largest absolute Gasteiger partial charge is 0.337 e. The Kier molecular flexibility index (Phi) is 4.42. The molecule has 9 nitrogen and oxygen atoms in total. The minimum Gasteiger partial charge on any atom is -0.337 e. The van der Waals surface area contributed by atoms with Gasteiger partial charge in [0, 0.05) is 10.0 Å². The van der Waals surface area contributed by atoms with E-state index in [0.29, 0.717) is 11.5 Å². The van der Waals surface area contributed by atoms with Gasteiger partial charge < -0.3 is 4.52 Å². The first-order chi connectivity index (χ1) is 15.6. The van der Waals surface area contributed by atoms with Crippen LogP contribution in [-0.2, 0) is 29.0 Å². The SMILES string of the molecule is O=C1[C@H]2N=NN(Cc3nc(-c4cccc(Br)c4)no3)[C@H]2C(=O)N1c1ccc2c(c1)CCC2. The lowest BCUT2D eigenvalue weighted by Gasteiger charge is -2.19. The number of hydrogen-bond acceptors (Lipinski definition) is 8. The molecular formula is C22H17BrN6O3. The van der Waals surface area contributed by atoms with Gasteiger partial charge in [-0.25, -0.2) is 4.90 Å². The molecule has 0 saturated carbocycles. The van der Waals surface area contributed by atoms with Crippen molar-refractivity contribution >= 4 is 33.4 Å². The molecule has 6 rings (SSSR count). The lowest BCUT2D eigenvalue weighted by atomic mass is 10.1. The number of amides is 2. The normalized spacial score (nSPS) is 21.5. The van der Waals surface area contributed by atoms with Gasteiger partial charge in [-0.05, 0) is 54.7 Å². The molecule has 2 amide bonds. The first kappa shape index (κ1) is 19.3. The van der Waals surface area contributed by atoms with Gasteiger partial charge in [-0.2, -0.15) is 10.1 Å². The van der Waals surface area contributed by atoms with Gasteiger partial charge in [-0.3, -0.25) is 14.6 Å². The van der Waals surface area contributed by atoms with Crippen molar-refractivity contribution in [1.29, 1.82) is 0 Å². The second kappa shape index (κ2) is 7.33. The summed E-state index contributed by atoms with van der Waals surface area (Å²) in [6.45, 7) is 0.0860. The lowest BCUT2D eigenvalue weighted by Crippen LogP contribution is -2.39. The molecule has 0 radical (unpaired) electrons. The fourth-order valence-electron chi connectivity index (χ4n) is 4.51. The molecule has 0 N–H and O–H groups in total. The van der Waals surface area contributed by atoms with E-state index in [0.717, 1.165) is 29.3 Å². The topological polar surface area (TPSA) is 104 Å². The molecule has 10 heteroatoms. The van der Waals surface area contributed by atoms with Gasteiger partial charge in [0.25, 0.3) is 11.8 Å². The van der Waals surface area contributed by atoms with E-state index in [1.165, 1.54) is 21.0 Å². The zero-order chi connectivity index (χ0) is 21.8. The third kappa shape index (κ3) is 3.05. The Labute approximate surface area is 191 Å². The number of carbonyl (C=O) groups excluding carboxylic acids is 2. The number of anilines is 1. The van der Waals surface area contributed by atoms with Gasteiger partial charge in [0.1, 0.15) is 6.54 Å². The van der Waals surface area contributed by atoms with Gasteiger partial charge in [-0.1, -0.05) is 44.5 Å². The second-order valence-electron chi connectivity index (χ2n) is 8.03. The molecule has 2 aliphatic heterocycles. The zero-order valence-electron chi connectivity index (χ0n) is 16.8. The average Bonchev–Trinajstić information content (AvgIpc) is 3.56. The number of benzene rings is 2. The summed E-state index contributed by atoms with van der Waals surface area (Å²) in [5, 5.41) is 13.6. The number of halogens is 1. The highest BCUT2D eigenvalue weighted by molar-refractivity contribution is 9.10. The van der Waals surface area contributed by atoms with Crippen molar-refractivity contribution in [2.45, 2.75) is 37.9 Å². The lowest BCUT2D eigenvalue weighted by molar-refractivity contribution is -0.123. The van der Waals surface area contributed by atoms with E-state index in [-0.39, 0.29) is 24.2 Å². The highest BCUT2D eigenvalue weighted by atomic mass is 79.9. The van der Waals surface area contributed by atoms with Crippen molar-refractivity contribution in [3.05, 3.63) is 64.0 Å². The van der Waals surface area contributed by atoms with Crippen LogP contribution in [0.15, 0.2) is 61.8 Å². The van der Waals surface area contributed by atoms with Crippen molar-refractivity contribution in [3.63, 3.8) is 0 Å². The molecule has 1 aliphatic carbocycles. The second-order valence-corrected chi connectivity index (χ2v) is 8.95. The predicted octanol–water partition coefficient (Wildman–Crippen LogP) is 3.48. The number of rotatable bonds is 4. The Morgan fingerprint density at radius 1 is 1.06 bits per heavy atom. The molecule has 32 heavy (non-hydrogen) atoms. The summed E-state index contributed by atoms with van der Waals surface area (Å²) in [7, 11) is 0. The number of nitrogens with zero attached hydrogens (tertiary/aromatic N) is 6. The Hall–Kier alpha value is -3.40. The number of carbonyl (C=O) groups is 2. The van der Waals surface area contributed by atoms with Gasteiger partial charge >= 0.3 is 0 Å². The van der Waals surface area contributed by atoms with E-state index in [9.17, 15) is 9.59 Å². The Morgan fingerprint density at radius 2 is 1.94 bits per heavy atom. The molecule has 0 spiro atoms. The Bertz CT molecular complexity index is 1290. The maximum atomic E-state index is 13.2. The van der Waals surface area contributed by atoms with Crippen molar-refractivity contribution in [2.24, 2.45) is 10.3 Å². The maximum absolute atomic E-state index is 13.2. The molecule has 3 aliphatic rings. The number of aromatic nitrogens is 2. The predicted molar refractivity (Wildman–Crippen MR) is 116 cm³/mol. The highest BCUT2D eigenvalue weighted by Crippen LogP contribution is 2.35. The van der Waals surface area contributed by atoms with Crippen LogP contribution in [0.2, 0.25) is 0 Å². The van der Waals surface area contributed by atoms with Crippen molar-refractivity contribution in [2.75, 3.05) is 4.90 Å². The summed E-state index contributed by atoms with van der Waals surface area (Å²) in [5.41, 5.74) is 3.88. The molecule has 2 atom stereocenters. The van der Waals surface area contributed by atoms with Gasteiger partial charge in [-0.15, -0.1) is 0 Å². The zero-order valence-corrected chi connectivity index (χ0v) is 18.4. The summed E-state index contributed by atoms with van der Waals surface area (Å²) in [6, 6.07) is 11.7. The number of imide groups is 1. The number of fused-ring (bicyclic) bond motifs is 2. The Morgan fingerprint density at radius 3 is 2.81 bits per heavy atom. The third-order valence-electron chi connectivity index (χ3n) is 6.05. The fourth-order valence-corrected chi connectivity index (χ4v) is 4.91. The molecule has 1 fully saturated rings. The highest BCUT2D eigenvalue weighted by Gasteiger charge is 2.55. The summed E-state index contributed by atoms with van der Waals surface area (Å²) in [5.74, 6) is 0.0256. The van der Waals surface area contributed by atoms with Crippen LogP contribution in [-0.4, -0.2) is 39.0 Å². The van der Waals surface area contributed by atoms with Crippen LogP contribution in [0.25, 0.3) is 11.4 Å². The molecule has 3 aromatic rings. The molecular weight excluding hydrogens is 476 g/mol. The van der Waals surface area contributed by atoms with Crippen LogP contribution in [0.4, 0.5) is 5.69 Å². The molecule has 1 saturated heterocycles. The molecule has 0 bridgehead atoms. The maximum Gasteiger partial charge on any atom is 0.263 e. The van der Waals surface area contributed by atoms with E-state index >= 15 is 0 Å². The minimum absolute atomic E-state index is 0.0860. The molecule has 0 unspecified atom stereocenters.